The molecule has 6 nitrogen and oxygen atoms in total. The van der Waals surface area contributed by atoms with Gasteiger partial charge in [-0.2, -0.15) is 8.42 Å². The lowest BCUT2D eigenvalue weighted by Crippen LogP contribution is -2.45. The summed E-state index contributed by atoms with van der Waals surface area (Å²) in [5, 5.41) is 5.95. The number of benzene rings is 2. The van der Waals surface area contributed by atoms with Crippen LogP contribution in [-0.4, -0.2) is 25.7 Å². The summed E-state index contributed by atoms with van der Waals surface area (Å²) in [6, 6.07) is 14.0. The molecule has 0 aromatic heterocycles. The van der Waals surface area contributed by atoms with Crippen LogP contribution in [-0.2, 0) is 26.9 Å². The molecule has 0 bridgehead atoms. The molecule has 1 atom stereocenters. The van der Waals surface area contributed by atoms with Gasteiger partial charge >= 0.3 is 10.1 Å². The van der Waals surface area contributed by atoms with Gasteiger partial charge in [-0.25, -0.2) is 0 Å². The maximum absolute atomic E-state index is 12.7. The van der Waals surface area contributed by atoms with Gasteiger partial charge in [-0.05, 0) is 47.6 Å². The molecule has 0 spiro atoms. The molecule has 1 amide bonds. The van der Waals surface area contributed by atoms with Gasteiger partial charge < -0.3 is 14.8 Å². The van der Waals surface area contributed by atoms with Gasteiger partial charge in [0.1, 0.15) is 11.3 Å². The Morgan fingerprint density at radius 1 is 1.19 bits per heavy atom. The average Bonchev–Trinajstić information content (AvgIpc) is 2.81. The van der Waals surface area contributed by atoms with E-state index in [4.69, 9.17) is 16.4 Å². The zero-order valence-electron chi connectivity index (χ0n) is 13.7. The molecule has 26 heavy (non-hydrogen) atoms. The molecule has 0 radical (unpaired) electrons. The molecular weight excluding hydrogens is 440 g/mol. The Labute approximate surface area is 165 Å². The topological polar surface area (TPSA) is 84.5 Å². The zero-order chi connectivity index (χ0) is 18.9. The van der Waals surface area contributed by atoms with Crippen LogP contribution in [0.15, 0.2) is 53.0 Å². The van der Waals surface area contributed by atoms with Crippen LogP contribution in [0, 0.1) is 0 Å². The van der Waals surface area contributed by atoms with Gasteiger partial charge in [-0.1, -0.05) is 40.2 Å². The van der Waals surface area contributed by atoms with E-state index < -0.39 is 15.7 Å². The standard InChI is InChI=1S/C17H15BrN2O4S2/c1-26(22,23)24-14-7-5-12(6-8-14)17(15(21)19-16(25)20-17)10-11-3-2-4-13(18)9-11/h2-9H,10H2,1H3,(H2,19,20,21,25). The van der Waals surface area contributed by atoms with Crippen molar-refractivity contribution in [2.45, 2.75) is 12.0 Å². The number of rotatable bonds is 5. The number of carbonyl (C=O) groups is 1. The summed E-state index contributed by atoms with van der Waals surface area (Å²) in [4.78, 5) is 12.7. The smallest absolute Gasteiger partial charge is 0.306 e. The fourth-order valence-electron chi connectivity index (χ4n) is 2.84. The molecule has 2 aromatic rings. The third-order valence-electron chi connectivity index (χ3n) is 3.89. The van der Waals surface area contributed by atoms with Crippen LogP contribution in [0.1, 0.15) is 11.1 Å². The Balaban J connectivity index is 1.99. The van der Waals surface area contributed by atoms with E-state index in [1.807, 2.05) is 24.3 Å². The molecule has 0 saturated carbocycles. The Hall–Kier alpha value is -1.97. The Kier molecular flexibility index (Phi) is 5.05. The minimum Gasteiger partial charge on any atom is -0.383 e. The number of hydrogen-bond donors (Lipinski definition) is 2. The molecule has 1 saturated heterocycles. The molecule has 0 aliphatic carbocycles. The highest BCUT2D eigenvalue weighted by Gasteiger charge is 2.46. The molecule has 2 N–H and O–H groups in total. The number of hydrogen-bond acceptors (Lipinski definition) is 5. The van der Waals surface area contributed by atoms with E-state index in [0.29, 0.717) is 12.0 Å². The van der Waals surface area contributed by atoms with E-state index in [9.17, 15) is 13.2 Å². The summed E-state index contributed by atoms with van der Waals surface area (Å²) in [6.07, 6.45) is 1.34. The maximum atomic E-state index is 12.7. The monoisotopic (exact) mass is 454 g/mol. The van der Waals surface area contributed by atoms with E-state index in [2.05, 4.69) is 26.6 Å². The lowest BCUT2D eigenvalue weighted by atomic mass is 9.84. The predicted molar refractivity (Wildman–Crippen MR) is 105 cm³/mol. The van der Waals surface area contributed by atoms with Crippen LogP contribution in [0.5, 0.6) is 5.75 Å². The first-order chi connectivity index (χ1) is 12.2. The molecule has 2 aromatic carbocycles. The average molecular weight is 455 g/mol. The van der Waals surface area contributed by atoms with Crippen molar-refractivity contribution in [3.8, 4) is 5.75 Å². The van der Waals surface area contributed by atoms with E-state index in [1.54, 1.807) is 12.1 Å². The molecule has 136 valence electrons. The first-order valence-electron chi connectivity index (χ1n) is 7.56. The molecule has 1 aliphatic rings. The molecule has 1 unspecified atom stereocenters. The summed E-state index contributed by atoms with van der Waals surface area (Å²) < 4.78 is 28.3. The van der Waals surface area contributed by atoms with Crippen LogP contribution in [0.3, 0.4) is 0 Å². The highest BCUT2D eigenvalue weighted by molar-refractivity contribution is 9.10. The van der Waals surface area contributed by atoms with Crippen molar-refractivity contribution < 1.29 is 17.4 Å². The van der Waals surface area contributed by atoms with Crippen molar-refractivity contribution in [1.82, 2.24) is 10.6 Å². The van der Waals surface area contributed by atoms with Crippen LogP contribution >= 0.6 is 28.1 Å². The second-order valence-corrected chi connectivity index (χ2v) is 8.83. The second-order valence-electron chi connectivity index (χ2n) is 5.93. The fraction of sp³-hybridized carbons (Fsp3) is 0.176. The van der Waals surface area contributed by atoms with Gasteiger partial charge in [0.2, 0.25) is 0 Å². The molecule has 3 rings (SSSR count). The Bertz CT molecular complexity index is 977. The van der Waals surface area contributed by atoms with Crippen LogP contribution < -0.4 is 14.8 Å². The minimum atomic E-state index is -3.62. The SMILES string of the molecule is CS(=O)(=O)Oc1ccc(C2(Cc3cccc(Br)c3)NC(=S)NC2=O)cc1. The number of amides is 1. The molecule has 1 fully saturated rings. The summed E-state index contributed by atoms with van der Waals surface area (Å²) in [5.41, 5.74) is 0.500. The van der Waals surface area contributed by atoms with Crippen molar-refractivity contribution in [1.29, 1.82) is 0 Å². The van der Waals surface area contributed by atoms with E-state index in [1.165, 1.54) is 12.1 Å². The summed E-state index contributed by atoms with van der Waals surface area (Å²) in [5.74, 6) is -0.0888. The predicted octanol–water partition coefficient (Wildman–Crippen LogP) is 2.23. The second kappa shape index (κ2) is 6.98. The quantitative estimate of drug-likeness (QED) is 0.532. The highest BCUT2D eigenvalue weighted by atomic mass is 79.9. The summed E-state index contributed by atoms with van der Waals surface area (Å²) >= 11 is 8.56. The zero-order valence-corrected chi connectivity index (χ0v) is 16.9. The normalized spacial score (nSPS) is 19.8. The lowest BCUT2D eigenvalue weighted by Gasteiger charge is -2.27. The number of carbonyl (C=O) groups excluding carboxylic acids is 1. The minimum absolute atomic E-state index is 0.176. The summed E-state index contributed by atoms with van der Waals surface area (Å²) in [6.45, 7) is 0. The van der Waals surface area contributed by atoms with Crippen molar-refractivity contribution in [3.05, 3.63) is 64.1 Å². The first kappa shape index (κ1) is 18.8. The number of halogens is 1. The maximum Gasteiger partial charge on any atom is 0.306 e. The first-order valence-corrected chi connectivity index (χ1v) is 10.6. The molecule has 1 aliphatic heterocycles. The van der Waals surface area contributed by atoms with Gasteiger partial charge in [-0.3, -0.25) is 4.79 Å². The van der Waals surface area contributed by atoms with E-state index in [-0.39, 0.29) is 16.8 Å². The summed E-state index contributed by atoms with van der Waals surface area (Å²) in [7, 11) is -3.62. The van der Waals surface area contributed by atoms with E-state index in [0.717, 1.165) is 16.3 Å². The van der Waals surface area contributed by atoms with E-state index >= 15 is 0 Å². The van der Waals surface area contributed by atoms with Gasteiger partial charge in [0.05, 0.1) is 6.26 Å². The van der Waals surface area contributed by atoms with Crippen molar-refractivity contribution in [3.63, 3.8) is 0 Å². The third kappa shape index (κ3) is 4.05. The number of thiocarbonyl (C=S) groups is 1. The van der Waals surface area contributed by atoms with Crippen molar-refractivity contribution >= 4 is 49.3 Å². The van der Waals surface area contributed by atoms with Crippen LogP contribution in [0.2, 0.25) is 0 Å². The number of nitrogens with one attached hydrogen (secondary N) is 2. The van der Waals surface area contributed by atoms with Gasteiger partial charge in [0.25, 0.3) is 5.91 Å². The molecule has 9 heteroatoms. The van der Waals surface area contributed by atoms with Crippen molar-refractivity contribution in [2.75, 3.05) is 6.26 Å². The lowest BCUT2D eigenvalue weighted by molar-refractivity contribution is -0.124. The van der Waals surface area contributed by atoms with Crippen LogP contribution in [0.25, 0.3) is 0 Å². The third-order valence-corrected chi connectivity index (χ3v) is 5.09. The fourth-order valence-corrected chi connectivity index (χ4v) is 4.02. The molecular formula is C17H15BrN2O4S2. The largest absolute Gasteiger partial charge is 0.383 e. The Morgan fingerprint density at radius 3 is 2.42 bits per heavy atom. The Morgan fingerprint density at radius 2 is 1.88 bits per heavy atom. The van der Waals surface area contributed by atoms with Gasteiger partial charge in [-0.15, -0.1) is 0 Å². The van der Waals surface area contributed by atoms with Gasteiger partial charge in [0.15, 0.2) is 5.11 Å². The highest BCUT2D eigenvalue weighted by Crippen LogP contribution is 2.31. The van der Waals surface area contributed by atoms with Gasteiger partial charge in [0, 0.05) is 10.9 Å². The van der Waals surface area contributed by atoms with Crippen LogP contribution in [0.4, 0.5) is 0 Å². The van der Waals surface area contributed by atoms with Crippen molar-refractivity contribution in [2.24, 2.45) is 0 Å². The molecule has 1 heterocycles.